The van der Waals surface area contributed by atoms with Crippen LogP contribution in [0.1, 0.15) is 16.1 Å². The van der Waals surface area contributed by atoms with Crippen LogP contribution in [-0.2, 0) is 0 Å². The summed E-state index contributed by atoms with van der Waals surface area (Å²) >= 11 is 3.36. The first-order valence-electron chi connectivity index (χ1n) is 6.39. The summed E-state index contributed by atoms with van der Waals surface area (Å²) in [7, 11) is 0. The number of carbonyl (C=O) groups is 1. The minimum absolute atomic E-state index is 0.248. The molecule has 0 spiro atoms. The van der Waals surface area contributed by atoms with Crippen molar-refractivity contribution in [1.82, 2.24) is 4.98 Å². The molecule has 1 heterocycles. The monoisotopic (exact) mass is 346 g/mol. The van der Waals surface area contributed by atoms with E-state index in [9.17, 15) is 9.18 Å². The van der Waals surface area contributed by atoms with Crippen LogP contribution in [0.2, 0.25) is 0 Å². The van der Waals surface area contributed by atoms with Crippen LogP contribution in [0, 0.1) is 12.7 Å². The van der Waals surface area contributed by atoms with Gasteiger partial charge in [-0.3, -0.25) is 4.79 Å². The molecule has 3 rings (SSSR count). The molecule has 0 saturated carbocycles. The molecule has 0 aliphatic heterocycles. The van der Waals surface area contributed by atoms with E-state index in [0.717, 1.165) is 15.4 Å². The third-order valence-corrected chi connectivity index (χ3v) is 3.82. The van der Waals surface area contributed by atoms with Crippen molar-refractivity contribution in [3.63, 3.8) is 0 Å². The number of H-pyrrole nitrogens is 1. The van der Waals surface area contributed by atoms with Crippen molar-refractivity contribution in [2.45, 2.75) is 6.92 Å². The number of hydrogen-bond donors (Lipinski definition) is 2. The molecule has 1 aromatic heterocycles. The zero-order chi connectivity index (χ0) is 15.0. The Morgan fingerprint density at radius 1 is 1.24 bits per heavy atom. The van der Waals surface area contributed by atoms with Gasteiger partial charge in [-0.2, -0.15) is 0 Å². The van der Waals surface area contributed by atoms with E-state index in [1.807, 2.05) is 25.1 Å². The van der Waals surface area contributed by atoms with E-state index in [4.69, 9.17) is 0 Å². The summed E-state index contributed by atoms with van der Waals surface area (Å²) in [4.78, 5) is 15.3. The van der Waals surface area contributed by atoms with Crippen LogP contribution in [-0.4, -0.2) is 10.9 Å². The zero-order valence-corrected chi connectivity index (χ0v) is 12.8. The Hall–Kier alpha value is -2.14. The van der Waals surface area contributed by atoms with Crippen LogP contribution in [0.15, 0.2) is 46.9 Å². The molecule has 2 aromatic carbocycles. The fourth-order valence-corrected chi connectivity index (χ4v) is 2.70. The minimum atomic E-state index is -0.331. The topological polar surface area (TPSA) is 44.9 Å². The Morgan fingerprint density at radius 2 is 2.05 bits per heavy atom. The second kappa shape index (κ2) is 5.33. The number of hydrogen-bond acceptors (Lipinski definition) is 1. The Balaban J connectivity index is 1.96. The molecule has 0 unspecified atom stereocenters. The van der Waals surface area contributed by atoms with Crippen LogP contribution in [0.3, 0.4) is 0 Å². The molecule has 3 nitrogen and oxygen atoms in total. The highest BCUT2D eigenvalue weighted by atomic mass is 79.9. The summed E-state index contributed by atoms with van der Waals surface area (Å²) in [5.74, 6) is -0.579. The highest BCUT2D eigenvalue weighted by Gasteiger charge is 2.15. The van der Waals surface area contributed by atoms with Gasteiger partial charge in [0.25, 0.3) is 5.91 Å². The van der Waals surface area contributed by atoms with Crippen molar-refractivity contribution < 1.29 is 9.18 Å². The normalized spacial score (nSPS) is 10.8. The number of aromatic amines is 1. The predicted octanol–water partition coefficient (Wildman–Crippen LogP) is 4.63. The number of amides is 1. The molecule has 5 heteroatoms. The average Bonchev–Trinajstić information content (AvgIpc) is 2.75. The number of aryl methyl sites for hydroxylation is 1. The van der Waals surface area contributed by atoms with Gasteiger partial charge in [0.05, 0.1) is 0 Å². The van der Waals surface area contributed by atoms with Crippen molar-refractivity contribution in [1.29, 1.82) is 0 Å². The number of anilines is 1. The standard InChI is InChI=1S/C16H12BrFN2O/c1-9-13-6-5-11(18)8-14(13)20-15(9)16(21)19-12-4-2-3-10(17)7-12/h2-8,20H,1H3,(H,19,21). The number of halogens is 2. The fourth-order valence-electron chi connectivity index (χ4n) is 2.30. The van der Waals surface area contributed by atoms with E-state index in [-0.39, 0.29) is 11.7 Å². The molecule has 0 aliphatic rings. The first-order chi connectivity index (χ1) is 10.0. The third kappa shape index (κ3) is 2.69. The number of nitrogens with one attached hydrogen (secondary N) is 2. The Labute approximate surface area is 129 Å². The van der Waals surface area contributed by atoms with Crippen molar-refractivity contribution in [3.05, 3.63) is 64.0 Å². The van der Waals surface area contributed by atoms with Crippen molar-refractivity contribution in [2.75, 3.05) is 5.32 Å². The van der Waals surface area contributed by atoms with Crippen LogP contribution >= 0.6 is 15.9 Å². The SMILES string of the molecule is Cc1c(C(=O)Nc2cccc(Br)c2)[nH]c2cc(F)ccc12. The Bertz CT molecular complexity index is 841. The molecule has 21 heavy (non-hydrogen) atoms. The Kier molecular flexibility index (Phi) is 3.51. The summed E-state index contributed by atoms with van der Waals surface area (Å²) in [5.41, 5.74) is 2.55. The van der Waals surface area contributed by atoms with Crippen LogP contribution in [0.4, 0.5) is 10.1 Å². The average molecular weight is 347 g/mol. The highest BCUT2D eigenvalue weighted by molar-refractivity contribution is 9.10. The maximum absolute atomic E-state index is 13.2. The smallest absolute Gasteiger partial charge is 0.272 e. The van der Waals surface area contributed by atoms with Gasteiger partial charge in [-0.1, -0.05) is 22.0 Å². The van der Waals surface area contributed by atoms with E-state index in [1.54, 1.807) is 12.1 Å². The van der Waals surface area contributed by atoms with Gasteiger partial charge in [-0.25, -0.2) is 4.39 Å². The van der Waals surface area contributed by atoms with Crippen LogP contribution in [0.25, 0.3) is 10.9 Å². The minimum Gasteiger partial charge on any atom is -0.350 e. The Morgan fingerprint density at radius 3 is 2.81 bits per heavy atom. The fraction of sp³-hybridized carbons (Fsp3) is 0.0625. The first-order valence-corrected chi connectivity index (χ1v) is 7.18. The second-order valence-corrected chi connectivity index (χ2v) is 5.70. The molecule has 0 radical (unpaired) electrons. The molecule has 3 aromatic rings. The molecule has 0 aliphatic carbocycles. The molecule has 2 N–H and O–H groups in total. The lowest BCUT2D eigenvalue weighted by Gasteiger charge is -2.05. The quantitative estimate of drug-likeness (QED) is 0.698. The second-order valence-electron chi connectivity index (χ2n) is 4.78. The van der Waals surface area contributed by atoms with Crippen LogP contribution < -0.4 is 5.32 Å². The van der Waals surface area contributed by atoms with E-state index < -0.39 is 0 Å². The molecule has 0 saturated heterocycles. The van der Waals surface area contributed by atoms with E-state index in [0.29, 0.717) is 16.9 Å². The number of fused-ring (bicyclic) bond motifs is 1. The lowest BCUT2D eigenvalue weighted by Crippen LogP contribution is -2.13. The third-order valence-electron chi connectivity index (χ3n) is 3.33. The molecular formula is C16H12BrFN2O. The summed E-state index contributed by atoms with van der Waals surface area (Å²) in [6.45, 7) is 1.84. The number of aromatic nitrogens is 1. The maximum atomic E-state index is 13.2. The first kappa shape index (κ1) is 13.8. The maximum Gasteiger partial charge on any atom is 0.272 e. The van der Waals surface area contributed by atoms with Crippen LogP contribution in [0.5, 0.6) is 0 Å². The number of benzene rings is 2. The van der Waals surface area contributed by atoms with Gasteiger partial charge in [0.2, 0.25) is 0 Å². The molecule has 106 valence electrons. The number of carbonyl (C=O) groups excluding carboxylic acids is 1. The van der Waals surface area contributed by atoms with Gasteiger partial charge >= 0.3 is 0 Å². The van der Waals surface area contributed by atoms with Gasteiger partial charge in [-0.15, -0.1) is 0 Å². The molecule has 0 atom stereocenters. The van der Waals surface area contributed by atoms with Gasteiger partial charge in [-0.05, 0) is 48.9 Å². The zero-order valence-electron chi connectivity index (χ0n) is 11.2. The molecule has 0 bridgehead atoms. The predicted molar refractivity (Wildman–Crippen MR) is 85.1 cm³/mol. The number of rotatable bonds is 2. The van der Waals surface area contributed by atoms with Gasteiger partial charge in [0.15, 0.2) is 0 Å². The van der Waals surface area contributed by atoms with Gasteiger partial charge in [0.1, 0.15) is 11.5 Å². The lowest BCUT2D eigenvalue weighted by atomic mass is 10.1. The van der Waals surface area contributed by atoms with Crippen molar-refractivity contribution in [3.8, 4) is 0 Å². The summed E-state index contributed by atoms with van der Waals surface area (Å²) in [5, 5.41) is 3.66. The van der Waals surface area contributed by atoms with Gasteiger partial charge in [0, 0.05) is 21.1 Å². The van der Waals surface area contributed by atoms with Gasteiger partial charge < -0.3 is 10.3 Å². The summed E-state index contributed by atoms with van der Waals surface area (Å²) in [6, 6.07) is 11.8. The van der Waals surface area contributed by atoms with E-state index in [2.05, 4.69) is 26.2 Å². The summed E-state index contributed by atoms with van der Waals surface area (Å²) < 4.78 is 14.1. The summed E-state index contributed by atoms with van der Waals surface area (Å²) in [6.07, 6.45) is 0. The van der Waals surface area contributed by atoms with E-state index in [1.165, 1.54) is 12.1 Å². The van der Waals surface area contributed by atoms with Crippen molar-refractivity contribution >= 4 is 38.4 Å². The largest absolute Gasteiger partial charge is 0.350 e. The van der Waals surface area contributed by atoms with Crippen molar-refractivity contribution in [2.24, 2.45) is 0 Å². The lowest BCUT2D eigenvalue weighted by molar-refractivity contribution is 0.102. The van der Waals surface area contributed by atoms with E-state index >= 15 is 0 Å². The molecular weight excluding hydrogens is 335 g/mol. The highest BCUT2D eigenvalue weighted by Crippen LogP contribution is 2.23. The molecule has 0 fully saturated rings. The molecule has 1 amide bonds.